The van der Waals surface area contributed by atoms with Crippen molar-refractivity contribution < 1.29 is 9.53 Å². The maximum Gasteiger partial charge on any atom is 0.238 e. The molecule has 31 heavy (non-hydrogen) atoms. The van der Waals surface area contributed by atoms with Crippen molar-refractivity contribution in [3.8, 4) is 0 Å². The zero-order valence-corrected chi connectivity index (χ0v) is 19.4. The van der Waals surface area contributed by atoms with Gasteiger partial charge in [0.1, 0.15) is 0 Å². The van der Waals surface area contributed by atoms with Gasteiger partial charge in [0.25, 0.3) is 0 Å². The summed E-state index contributed by atoms with van der Waals surface area (Å²) in [6.45, 7) is 11.1. The molecule has 6 heteroatoms. The van der Waals surface area contributed by atoms with E-state index in [1.807, 2.05) is 0 Å². The van der Waals surface area contributed by atoms with Crippen LogP contribution in [0.3, 0.4) is 0 Å². The highest BCUT2D eigenvalue weighted by atomic mass is 16.5. The number of hydrogen-bond donors (Lipinski definition) is 1. The molecule has 3 atom stereocenters. The molecule has 0 aliphatic carbocycles. The molecule has 6 nitrogen and oxygen atoms in total. The zero-order chi connectivity index (χ0) is 21.6. The molecular weight excluding hydrogens is 388 g/mol. The van der Waals surface area contributed by atoms with Crippen LogP contribution in [-0.2, 0) is 9.53 Å². The molecule has 4 rings (SSSR count). The van der Waals surface area contributed by atoms with Gasteiger partial charge in [0.2, 0.25) is 5.91 Å². The van der Waals surface area contributed by atoms with Crippen LogP contribution in [0, 0.1) is 0 Å². The number of likely N-dealkylation sites (tertiary alicyclic amines) is 1. The van der Waals surface area contributed by atoms with E-state index in [9.17, 15) is 4.79 Å². The minimum absolute atomic E-state index is 0.0955. The van der Waals surface area contributed by atoms with Crippen molar-refractivity contribution in [2.24, 2.45) is 0 Å². The number of benzene rings is 1. The number of anilines is 2. The fourth-order valence-corrected chi connectivity index (χ4v) is 5.51. The summed E-state index contributed by atoms with van der Waals surface area (Å²) >= 11 is 0. The first-order valence-corrected chi connectivity index (χ1v) is 12.3. The number of nitrogens with one attached hydrogen (secondary N) is 1. The molecule has 0 radical (unpaired) electrons. The molecule has 172 valence electrons. The molecule has 1 aromatic carbocycles. The lowest BCUT2D eigenvalue weighted by atomic mass is 10.1. The van der Waals surface area contributed by atoms with Crippen molar-refractivity contribution >= 4 is 17.3 Å². The van der Waals surface area contributed by atoms with Crippen molar-refractivity contribution in [1.82, 2.24) is 9.80 Å². The summed E-state index contributed by atoms with van der Waals surface area (Å²) in [4.78, 5) is 20.1. The summed E-state index contributed by atoms with van der Waals surface area (Å²) < 4.78 is 5.87. The first-order chi connectivity index (χ1) is 15.1. The molecule has 0 bridgehead atoms. The Balaban J connectivity index is 1.26. The van der Waals surface area contributed by atoms with Crippen LogP contribution >= 0.6 is 0 Å². The molecular formula is C25H40N4O2. The van der Waals surface area contributed by atoms with E-state index in [0.717, 1.165) is 45.0 Å². The molecule has 3 aliphatic heterocycles. The fraction of sp³-hybridized carbons (Fsp3) is 0.720. The number of carbonyl (C=O) groups is 1. The summed E-state index contributed by atoms with van der Waals surface area (Å²) in [6.07, 6.45) is 8.17. The van der Waals surface area contributed by atoms with E-state index < -0.39 is 0 Å². The molecule has 1 amide bonds. The Kier molecular flexibility index (Phi) is 7.86. The minimum Gasteiger partial charge on any atom is -0.373 e. The number of hydrogen-bond acceptors (Lipinski definition) is 5. The van der Waals surface area contributed by atoms with Gasteiger partial charge in [-0.3, -0.25) is 14.6 Å². The molecule has 1 aromatic rings. The van der Waals surface area contributed by atoms with Gasteiger partial charge in [-0.15, -0.1) is 0 Å². The van der Waals surface area contributed by atoms with Crippen LogP contribution in [0.5, 0.6) is 0 Å². The number of rotatable bonds is 6. The number of morpholine rings is 1. The maximum absolute atomic E-state index is 12.7. The van der Waals surface area contributed by atoms with Gasteiger partial charge in [-0.2, -0.15) is 0 Å². The number of carbonyl (C=O) groups excluding carboxylic acids is 1. The average molecular weight is 429 g/mol. The topological polar surface area (TPSA) is 48.0 Å². The lowest BCUT2D eigenvalue weighted by molar-refractivity contribution is -0.117. The quantitative estimate of drug-likeness (QED) is 0.751. The van der Waals surface area contributed by atoms with Gasteiger partial charge in [-0.1, -0.05) is 12.8 Å². The summed E-state index contributed by atoms with van der Waals surface area (Å²) in [7, 11) is 0. The highest BCUT2D eigenvalue weighted by Gasteiger charge is 2.30. The summed E-state index contributed by atoms with van der Waals surface area (Å²) in [6, 6.07) is 8.88. The molecule has 0 saturated carbocycles. The first kappa shape index (κ1) is 22.6. The third kappa shape index (κ3) is 6.43. The molecule has 3 saturated heterocycles. The summed E-state index contributed by atoms with van der Waals surface area (Å²) in [5.41, 5.74) is 2.17. The van der Waals surface area contributed by atoms with E-state index in [0.29, 0.717) is 24.8 Å². The van der Waals surface area contributed by atoms with Gasteiger partial charge in [-0.25, -0.2) is 0 Å². The summed E-state index contributed by atoms with van der Waals surface area (Å²) in [5, 5.41) is 3.12. The van der Waals surface area contributed by atoms with E-state index in [1.54, 1.807) is 0 Å². The summed E-state index contributed by atoms with van der Waals surface area (Å²) in [5.74, 6) is 0.0955. The van der Waals surface area contributed by atoms with Crippen molar-refractivity contribution in [2.75, 3.05) is 56.0 Å². The van der Waals surface area contributed by atoms with E-state index in [4.69, 9.17) is 4.74 Å². The number of amides is 1. The molecule has 3 heterocycles. The van der Waals surface area contributed by atoms with Crippen LogP contribution in [0.2, 0.25) is 0 Å². The third-order valence-electron chi connectivity index (χ3n) is 6.93. The highest BCUT2D eigenvalue weighted by Crippen LogP contribution is 2.23. The van der Waals surface area contributed by atoms with Crippen LogP contribution in [0.1, 0.15) is 52.4 Å². The Morgan fingerprint density at radius 3 is 2.32 bits per heavy atom. The van der Waals surface area contributed by atoms with Crippen LogP contribution in [0.25, 0.3) is 0 Å². The SMILES string of the molecule is CC1CN(CC2CCCN2CC(=O)Nc2ccc(N3CCCCCC3)cc2)CC(C)O1. The Hall–Kier alpha value is -1.63. The Bertz CT molecular complexity index is 692. The molecule has 3 unspecified atom stereocenters. The standard InChI is InChI=1S/C25H40N4O2/c1-20-16-27(17-21(2)31-20)18-24-8-7-15-29(24)19-25(30)26-22-9-11-23(12-10-22)28-13-5-3-4-6-14-28/h9-12,20-21,24H,3-8,13-19H2,1-2H3,(H,26,30). The lowest BCUT2D eigenvalue weighted by Gasteiger charge is -2.38. The average Bonchev–Trinajstić information content (AvgIpc) is 2.98. The Morgan fingerprint density at radius 1 is 0.968 bits per heavy atom. The van der Waals surface area contributed by atoms with Crippen LogP contribution in [0.4, 0.5) is 11.4 Å². The van der Waals surface area contributed by atoms with Crippen LogP contribution in [-0.4, -0.2) is 79.8 Å². The Labute approximate surface area is 187 Å². The van der Waals surface area contributed by atoms with Crippen molar-refractivity contribution in [3.63, 3.8) is 0 Å². The maximum atomic E-state index is 12.7. The monoisotopic (exact) mass is 428 g/mol. The van der Waals surface area contributed by atoms with Crippen molar-refractivity contribution in [2.45, 2.75) is 70.6 Å². The van der Waals surface area contributed by atoms with Gasteiger partial charge < -0.3 is 15.0 Å². The zero-order valence-electron chi connectivity index (χ0n) is 19.4. The van der Waals surface area contributed by atoms with Gasteiger partial charge in [0, 0.05) is 50.1 Å². The molecule has 3 aliphatic rings. The highest BCUT2D eigenvalue weighted by molar-refractivity contribution is 5.92. The molecule has 1 N–H and O–H groups in total. The van der Waals surface area contributed by atoms with E-state index in [-0.39, 0.29) is 5.91 Å². The van der Waals surface area contributed by atoms with Gasteiger partial charge >= 0.3 is 0 Å². The van der Waals surface area contributed by atoms with E-state index >= 15 is 0 Å². The van der Waals surface area contributed by atoms with Crippen molar-refractivity contribution in [1.29, 1.82) is 0 Å². The predicted octanol–water partition coefficient (Wildman–Crippen LogP) is 3.58. The molecule has 3 fully saturated rings. The molecule has 0 aromatic heterocycles. The number of ether oxygens (including phenoxy) is 1. The van der Waals surface area contributed by atoms with E-state index in [2.05, 4.69) is 58.1 Å². The van der Waals surface area contributed by atoms with E-state index in [1.165, 1.54) is 44.2 Å². The molecule has 0 spiro atoms. The minimum atomic E-state index is 0.0955. The van der Waals surface area contributed by atoms with Crippen molar-refractivity contribution in [3.05, 3.63) is 24.3 Å². The van der Waals surface area contributed by atoms with Crippen LogP contribution in [0.15, 0.2) is 24.3 Å². The number of nitrogens with zero attached hydrogens (tertiary/aromatic N) is 3. The third-order valence-corrected chi connectivity index (χ3v) is 6.93. The lowest BCUT2D eigenvalue weighted by Crippen LogP contribution is -2.50. The largest absolute Gasteiger partial charge is 0.373 e. The smallest absolute Gasteiger partial charge is 0.238 e. The second-order valence-electron chi connectivity index (χ2n) is 9.74. The normalized spacial score (nSPS) is 28.5. The van der Waals surface area contributed by atoms with Gasteiger partial charge in [-0.05, 0) is 70.3 Å². The van der Waals surface area contributed by atoms with Gasteiger partial charge in [0.15, 0.2) is 0 Å². The second-order valence-corrected chi connectivity index (χ2v) is 9.74. The Morgan fingerprint density at radius 2 is 1.65 bits per heavy atom. The van der Waals surface area contributed by atoms with Gasteiger partial charge in [0.05, 0.1) is 18.8 Å². The predicted molar refractivity (Wildman–Crippen MR) is 127 cm³/mol. The van der Waals surface area contributed by atoms with Crippen LogP contribution < -0.4 is 10.2 Å². The first-order valence-electron chi connectivity index (χ1n) is 12.3. The fourth-order valence-electron chi connectivity index (χ4n) is 5.51. The second kappa shape index (κ2) is 10.8.